The monoisotopic (exact) mass is 240 g/mol. The van der Waals surface area contributed by atoms with Crippen LogP contribution in [-0.4, -0.2) is 23.6 Å². The Kier molecular flexibility index (Phi) is 3.02. The van der Waals surface area contributed by atoms with Crippen LogP contribution in [0.4, 0.5) is 15.8 Å². The largest absolute Gasteiger partial charge is 0.395 e. The molecule has 0 saturated carbocycles. The van der Waals surface area contributed by atoms with E-state index in [9.17, 15) is 4.39 Å². The van der Waals surface area contributed by atoms with Crippen LogP contribution in [0, 0.1) is 5.82 Å². The molecule has 2 N–H and O–H groups in total. The van der Waals surface area contributed by atoms with E-state index in [0.29, 0.717) is 0 Å². The smallest absolute Gasteiger partial charge is 0.148 e. The summed E-state index contributed by atoms with van der Waals surface area (Å²) in [6, 6.07) is 5.02. The van der Waals surface area contributed by atoms with Gasteiger partial charge in [0, 0.05) is 23.6 Å². The summed E-state index contributed by atoms with van der Waals surface area (Å²) in [5.41, 5.74) is 6.87. The fraction of sp³-hybridized carbons (Fsp3) is 0.500. The molecular formula is C12H17FN2S. The first-order valence-electron chi connectivity index (χ1n) is 5.42. The molecule has 1 aliphatic rings. The van der Waals surface area contributed by atoms with E-state index >= 15 is 0 Å². The van der Waals surface area contributed by atoms with Crippen molar-refractivity contribution in [3.05, 3.63) is 24.0 Å². The van der Waals surface area contributed by atoms with Crippen LogP contribution in [-0.2, 0) is 0 Å². The van der Waals surface area contributed by atoms with Crippen molar-refractivity contribution in [3.63, 3.8) is 0 Å². The molecule has 1 aromatic carbocycles. The summed E-state index contributed by atoms with van der Waals surface area (Å²) in [5.74, 6) is 0.733. The summed E-state index contributed by atoms with van der Waals surface area (Å²) < 4.78 is 13.6. The Morgan fingerprint density at radius 1 is 1.44 bits per heavy atom. The maximum atomic E-state index is 13.4. The van der Waals surface area contributed by atoms with E-state index in [0.717, 1.165) is 24.5 Å². The van der Waals surface area contributed by atoms with Gasteiger partial charge in [0.15, 0.2) is 0 Å². The molecule has 0 aromatic heterocycles. The summed E-state index contributed by atoms with van der Waals surface area (Å²) in [6.45, 7) is 6.26. The topological polar surface area (TPSA) is 29.3 Å². The number of nitrogen functional groups attached to an aromatic ring is 1. The number of thioether (sulfide) groups is 1. The number of hydrogen-bond acceptors (Lipinski definition) is 3. The number of benzene rings is 1. The zero-order valence-corrected chi connectivity index (χ0v) is 10.5. The highest BCUT2D eigenvalue weighted by Crippen LogP contribution is 2.34. The molecular weight excluding hydrogens is 223 g/mol. The molecule has 1 saturated heterocycles. The minimum atomic E-state index is -0.325. The molecule has 1 aliphatic heterocycles. The lowest BCUT2D eigenvalue weighted by Crippen LogP contribution is -2.43. The van der Waals surface area contributed by atoms with E-state index in [4.69, 9.17) is 5.73 Å². The Balaban J connectivity index is 2.27. The summed E-state index contributed by atoms with van der Waals surface area (Å²) in [4.78, 5) is 2.18. The lowest BCUT2D eigenvalue weighted by molar-refractivity contribution is 0.624. The lowest BCUT2D eigenvalue weighted by Gasteiger charge is -2.39. The highest BCUT2D eigenvalue weighted by atomic mass is 32.2. The highest BCUT2D eigenvalue weighted by molar-refractivity contribution is 8.00. The SMILES string of the molecule is CC1(C)CN(c2cccc(F)c2N)CCS1. The maximum absolute atomic E-state index is 13.4. The van der Waals surface area contributed by atoms with Crippen molar-refractivity contribution < 1.29 is 4.39 Å². The minimum Gasteiger partial charge on any atom is -0.395 e. The van der Waals surface area contributed by atoms with Crippen molar-refractivity contribution in [1.82, 2.24) is 0 Å². The van der Waals surface area contributed by atoms with Crippen LogP contribution >= 0.6 is 11.8 Å². The Morgan fingerprint density at radius 3 is 2.88 bits per heavy atom. The fourth-order valence-electron chi connectivity index (χ4n) is 2.02. The summed E-state index contributed by atoms with van der Waals surface area (Å²) in [7, 11) is 0. The van der Waals surface area contributed by atoms with Crippen LogP contribution in [0.1, 0.15) is 13.8 Å². The van der Waals surface area contributed by atoms with Crippen molar-refractivity contribution in [2.75, 3.05) is 29.5 Å². The van der Waals surface area contributed by atoms with Gasteiger partial charge < -0.3 is 10.6 Å². The third kappa shape index (κ3) is 2.26. The van der Waals surface area contributed by atoms with Crippen LogP contribution in [0.15, 0.2) is 18.2 Å². The quantitative estimate of drug-likeness (QED) is 0.765. The first kappa shape index (κ1) is 11.6. The van der Waals surface area contributed by atoms with Gasteiger partial charge in [-0.2, -0.15) is 11.8 Å². The molecule has 1 heterocycles. The molecule has 88 valence electrons. The Hall–Kier alpha value is -0.900. The maximum Gasteiger partial charge on any atom is 0.148 e. The number of para-hydroxylation sites is 1. The van der Waals surface area contributed by atoms with Gasteiger partial charge >= 0.3 is 0 Å². The van der Waals surface area contributed by atoms with Crippen LogP contribution in [0.3, 0.4) is 0 Å². The average molecular weight is 240 g/mol. The summed E-state index contributed by atoms with van der Waals surface area (Å²) in [5, 5.41) is 0. The van der Waals surface area contributed by atoms with E-state index in [1.165, 1.54) is 6.07 Å². The van der Waals surface area contributed by atoms with E-state index in [1.807, 2.05) is 17.8 Å². The van der Waals surface area contributed by atoms with Crippen molar-refractivity contribution in [1.29, 1.82) is 0 Å². The standard InChI is InChI=1S/C12H17FN2S/c1-12(2)8-15(6-7-16-12)10-5-3-4-9(13)11(10)14/h3-5H,6-8,14H2,1-2H3. The zero-order valence-electron chi connectivity index (χ0n) is 9.66. The number of nitrogens with two attached hydrogens (primary N) is 1. The molecule has 0 unspecified atom stereocenters. The number of rotatable bonds is 1. The van der Waals surface area contributed by atoms with Crippen LogP contribution in [0.5, 0.6) is 0 Å². The third-order valence-corrected chi connectivity index (χ3v) is 4.09. The highest BCUT2D eigenvalue weighted by Gasteiger charge is 2.28. The Morgan fingerprint density at radius 2 is 2.19 bits per heavy atom. The second-order valence-corrected chi connectivity index (χ2v) is 6.50. The molecule has 0 amide bonds. The molecule has 2 nitrogen and oxygen atoms in total. The van der Waals surface area contributed by atoms with Crippen LogP contribution in [0.25, 0.3) is 0 Å². The van der Waals surface area contributed by atoms with Crippen molar-refractivity contribution in [2.45, 2.75) is 18.6 Å². The molecule has 0 bridgehead atoms. The van der Waals surface area contributed by atoms with Gasteiger partial charge in [-0.25, -0.2) is 4.39 Å². The van der Waals surface area contributed by atoms with E-state index in [2.05, 4.69) is 18.7 Å². The summed E-state index contributed by atoms with van der Waals surface area (Å²) >= 11 is 1.95. The molecule has 1 aromatic rings. The van der Waals surface area contributed by atoms with Gasteiger partial charge in [-0.05, 0) is 26.0 Å². The number of halogens is 1. The van der Waals surface area contributed by atoms with Gasteiger partial charge in [-0.3, -0.25) is 0 Å². The molecule has 4 heteroatoms. The van der Waals surface area contributed by atoms with Crippen LogP contribution < -0.4 is 10.6 Å². The summed E-state index contributed by atoms with van der Waals surface area (Å²) in [6.07, 6.45) is 0. The van der Waals surface area contributed by atoms with Crippen molar-refractivity contribution >= 4 is 23.1 Å². The first-order chi connectivity index (χ1) is 7.49. The Labute approximate surface area is 100 Å². The van der Waals surface area contributed by atoms with Gasteiger partial charge in [0.25, 0.3) is 0 Å². The number of anilines is 2. The third-order valence-electron chi connectivity index (χ3n) is 2.80. The second kappa shape index (κ2) is 4.17. The molecule has 2 rings (SSSR count). The predicted molar refractivity (Wildman–Crippen MR) is 69.6 cm³/mol. The molecule has 0 spiro atoms. The Bertz CT molecular complexity index is 393. The average Bonchev–Trinajstić information content (AvgIpc) is 2.20. The van der Waals surface area contributed by atoms with E-state index < -0.39 is 0 Å². The fourth-order valence-corrected chi connectivity index (χ4v) is 3.13. The van der Waals surface area contributed by atoms with E-state index in [-0.39, 0.29) is 16.3 Å². The number of hydrogen-bond donors (Lipinski definition) is 1. The molecule has 0 atom stereocenters. The number of nitrogens with zero attached hydrogens (tertiary/aromatic N) is 1. The lowest BCUT2D eigenvalue weighted by atomic mass is 10.1. The minimum absolute atomic E-state index is 0.205. The van der Waals surface area contributed by atoms with Gasteiger partial charge in [0.1, 0.15) is 5.82 Å². The molecule has 0 aliphatic carbocycles. The van der Waals surface area contributed by atoms with Gasteiger partial charge in [-0.1, -0.05) is 6.07 Å². The normalized spacial score (nSPS) is 19.8. The van der Waals surface area contributed by atoms with Crippen LogP contribution in [0.2, 0.25) is 0 Å². The van der Waals surface area contributed by atoms with E-state index in [1.54, 1.807) is 6.07 Å². The molecule has 1 fully saturated rings. The zero-order chi connectivity index (χ0) is 11.8. The second-order valence-electron chi connectivity index (χ2n) is 4.70. The van der Waals surface area contributed by atoms with Crippen molar-refractivity contribution in [2.24, 2.45) is 0 Å². The van der Waals surface area contributed by atoms with Gasteiger partial charge in [0.2, 0.25) is 0 Å². The molecule has 0 radical (unpaired) electrons. The van der Waals surface area contributed by atoms with Crippen molar-refractivity contribution in [3.8, 4) is 0 Å². The predicted octanol–water partition coefficient (Wildman–Crippen LogP) is 2.74. The van der Waals surface area contributed by atoms with Gasteiger partial charge in [0.05, 0.1) is 11.4 Å². The van der Waals surface area contributed by atoms with Gasteiger partial charge in [-0.15, -0.1) is 0 Å². The molecule has 16 heavy (non-hydrogen) atoms. The first-order valence-corrected chi connectivity index (χ1v) is 6.41.